The zero-order valence-corrected chi connectivity index (χ0v) is 12.5. The van der Waals surface area contributed by atoms with Crippen molar-refractivity contribution < 1.29 is 17.9 Å². The van der Waals surface area contributed by atoms with Crippen LogP contribution in [-0.2, 0) is 19.6 Å². The highest BCUT2D eigenvalue weighted by Crippen LogP contribution is 2.17. The lowest BCUT2D eigenvalue weighted by Gasteiger charge is -2.16. The molecule has 0 heterocycles. The maximum atomic E-state index is 12.1. The average molecular weight is 336 g/mol. The molecule has 0 amide bonds. The highest BCUT2D eigenvalue weighted by Gasteiger charge is 2.21. The summed E-state index contributed by atoms with van der Waals surface area (Å²) >= 11 is 3.24. The van der Waals surface area contributed by atoms with Gasteiger partial charge in [0.1, 0.15) is 0 Å². The van der Waals surface area contributed by atoms with E-state index in [1.807, 2.05) is 0 Å². The van der Waals surface area contributed by atoms with Gasteiger partial charge in [0.25, 0.3) is 0 Å². The van der Waals surface area contributed by atoms with Gasteiger partial charge in [0.15, 0.2) is 0 Å². The fourth-order valence-electron chi connectivity index (χ4n) is 1.26. The predicted octanol–water partition coefficient (Wildman–Crippen LogP) is 1.63. The number of rotatable bonds is 5. The van der Waals surface area contributed by atoms with Gasteiger partial charge in [-0.3, -0.25) is 4.79 Å². The van der Waals surface area contributed by atoms with E-state index in [4.69, 9.17) is 0 Å². The van der Waals surface area contributed by atoms with E-state index in [-0.39, 0.29) is 17.9 Å². The Bertz CT molecular complexity index is 512. The lowest BCUT2D eigenvalue weighted by atomic mass is 10.4. The van der Waals surface area contributed by atoms with Crippen LogP contribution in [0, 0.1) is 0 Å². The number of hydrogen-bond donors (Lipinski definition) is 0. The highest BCUT2D eigenvalue weighted by molar-refractivity contribution is 9.10. The van der Waals surface area contributed by atoms with Gasteiger partial charge >= 0.3 is 5.97 Å². The normalized spacial score (nSPS) is 11.6. The summed E-state index contributed by atoms with van der Waals surface area (Å²) in [6.45, 7) is 0.0884. The third-order valence-electron chi connectivity index (χ3n) is 2.38. The molecule has 5 nitrogen and oxygen atoms in total. The smallest absolute Gasteiger partial charge is 0.306 e. The van der Waals surface area contributed by atoms with Gasteiger partial charge in [0.2, 0.25) is 10.0 Å². The van der Waals surface area contributed by atoms with Gasteiger partial charge in [-0.25, -0.2) is 12.7 Å². The van der Waals surface area contributed by atoms with E-state index in [2.05, 4.69) is 20.7 Å². The van der Waals surface area contributed by atoms with Crippen LogP contribution in [0.15, 0.2) is 33.6 Å². The summed E-state index contributed by atoms with van der Waals surface area (Å²) < 4.78 is 30.6. The molecule has 0 aromatic heterocycles. The van der Waals surface area contributed by atoms with E-state index in [1.54, 1.807) is 12.1 Å². The topological polar surface area (TPSA) is 63.7 Å². The van der Waals surface area contributed by atoms with Crippen molar-refractivity contribution in [3.63, 3.8) is 0 Å². The van der Waals surface area contributed by atoms with Crippen LogP contribution in [-0.4, -0.2) is 39.4 Å². The molecule has 1 aromatic rings. The first-order chi connectivity index (χ1) is 8.37. The number of sulfonamides is 1. The first kappa shape index (κ1) is 15.1. The van der Waals surface area contributed by atoms with Crippen LogP contribution >= 0.6 is 15.9 Å². The van der Waals surface area contributed by atoms with Crippen molar-refractivity contribution in [1.29, 1.82) is 0 Å². The number of carbonyl (C=O) groups is 1. The molecule has 0 saturated heterocycles. The van der Waals surface area contributed by atoms with Crippen molar-refractivity contribution in [2.75, 3.05) is 20.7 Å². The Hall–Kier alpha value is -0.920. The van der Waals surface area contributed by atoms with Crippen LogP contribution in [0.25, 0.3) is 0 Å². The van der Waals surface area contributed by atoms with Crippen molar-refractivity contribution in [3.05, 3.63) is 28.7 Å². The van der Waals surface area contributed by atoms with E-state index < -0.39 is 16.0 Å². The fraction of sp³-hybridized carbons (Fsp3) is 0.364. The minimum atomic E-state index is -3.55. The Balaban J connectivity index is 2.80. The molecule has 18 heavy (non-hydrogen) atoms. The Labute approximate surface area is 115 Å². The molecule has 0 unspecified atom stereocenters. The molecule has 0 saturated carbocycles. The molecule has 0 aliphatic heterocycles. The summed E-state index contributed by atoms with van der Waals surface area (Å²) in [6, 6.07) is 6.32. The van der Waals surface area contributed by atoms with Crippen LogP contribution in [0.2, 0.25) is 0 Å². The molecule has 1 aromatic carbocycles. The average Bonchev–Trinajstić information content (AvgIpc) is 2.35. The van der Waals surface area contributed by atoms with Gasteiger partial charge in [-0.2, -0.15) is 0 Å². The van der Waals surface area contributed by atoms with Gasteiger partial charge in [-0.15, -0.1) is 0 Å². The number of esters is 1. The minimum Gasteiger partial charge on any atom is -0.469 e. The third-order valence-corrected chi connectivity index (χ3v) is 4.78. The van der Waals surface area contributed by atoms with Gasteiger partial charge in [-0.1, -0.05) is 15.9 Å². The first-order valence-electron chi connectivity index (χ1n) is 5.16. The predicted molar refractivity (Wildman–Crippen MR) is 70.6 cm³/mol. The van der Waals surface area contributed by atoms with Crippen LogP contribution in [0.3, 0.4) is 0 Å². The van der Waals surface area contributed by atoms with E-state index in [0.29, 0.717) is 0 Å². The number of methoxy groups -OCH3 is 1. The summed E-state index contributed by atoms with van der Waals surface area (Å²) in [6.07, 6.45) is 0.0305. The number of nitrogens with zero attached hydrogens (tertiary/aromatic N) is 1. The van der Waals surface area contributed by atoms with E-state index >= 15 is 0 Å². The molecule has 0 fully saturated rings. The summed E-state index contributed by atoms with van der Waals surface area (Å²) in [4.78, 5) is 11.2. The van der Waals surface area contributed by atoms with Gasteiger partial charge in [-0.05, 0) is 24.3 Å². The third kappa shape index (κ3) is 3.79. The Morgan fingerprint density at radius 3 is 2.39 bits per heavy atom. The molecular weight excluding hydrogens is 322 g/mol. The Kier molecular flexibility index (Phi) is 5.30. The number of ether oxygens (including phenoxy) is 1. The number of carbonyl (C=O) groups excluding carboxylic acids is 1. The number of halogens is 1. The largest absolute Gasteiger partial charge is 0.469 e. The summed E-state index contributed by atoms with van der Waals surface area (Å²) in [7, 11) is -0.855. The van der Waals surface area contributed by atoms with Crippen molar-refractivity contribution in [3.8, 4) is 0 Å². The standard InChI is InChI=1S/C11H14BrNO4S/c1-13(8-7-11(14)17-2)18(15,16)10-5-3-9(12)4-6-10/h3-6H,7-8H2,1-2H3. The lowest BCUT2D eigenvalue weighted by molar-refractivity contribution is -0.140. The van der Waals surface area contributed by atoms with Crippen LogP contribution in [0.4, 0.5) is 0 Å². The van der Waals surface area contributed by atoms with Gasteiger partial charge < -0.3 is 4.74 Å². The molecular formula is C11H14BrNO4S. The summed E-state index contributed by atoms with van der Waals surface area (Å²) in [5.74, 6) is -0.437. The summed E-state index contributed by atoms with van der Waals surface area (Å²) in [5, 5.41) is 0. The van der Waals surface area contributed by atoms with Crippen molar-refractivity contribution in [1.82, 2.24) is 4.31 Å². The summed E-state index contributed by atoms with van der Waals surface area (Å²) in [5.41, 5.74) is 0. The molecule has 0 radical (unpaired) electrons. The van der Waals surface area contributed by atoms with E-state index in [0.717, 1.165) is 8.78 Å². The molecule has 1 rings (SSSR count). The van der Waals surface area contributed by atoms with Crippen LogP contribution < -0.4 is 0 Å². The lowest BCUT2D eigenvalue weighted by Crippen LogP contribution is -2.29. The van der Waals surface area contributed by atoms with E-state index in [9.17, 15) is 13.2 Å². The fourth-order valence-corrected chi connectivity index (χ4v) is 2.69. The molecule has 0 N–H and O–H groups in total. The van der Waals surface area contributed by atoms with Crippen molar-refractivity contribution in [2.45, 2.75) is 11.3 Å². The second-order valence-corrected chi connectivity index (χ2v) is 6.57. The Morgan fingerprint density at radius 2 is 1.89 bits per heavy atom. The van der Waals surface area contributed by atoms with Crippen LogP contribution in [0.1, 0.15) is 6.42 Å². The highest BCUT2D eigenvalue weighted by atomic mass is 79.9. The van der Waals surface area contributed by atoms with Gasteiger partial charge in [0.05, 0.1) is 18.4 Å². The Morgan fingerprint density at radius 1 is 1.33 bits per heavy atom. The maximum absolute atomic E-state index is 12.1. The maximum Gasteiger partial charge on any atom is 0.306 e. The van der Waals surface area contributed by atoms with E-state index in [1.165, 1.54) is 26.3 Å². The second-order valence-electron chi connectivity index (χ2n) is 3.61. The molecule has 7 heteroatoms. The minimum absolute atomic E-state index is 0.0305. The SMILES string of the molecule is COC(=O)CCN(C)S(=O)(=O)c1ccc(Br)cc1. The molecule has 100 valence electrons. The number of benzene rings is 1. The second kappa shape index (κ2) is 6.31. The van der Waals surface area contributed by atoms with Crippen molar-refractivity contribution >= 4 is 31.9 Å². The quantitative estimate of drug-likeness (QED) is 0.767. The molecule has 0 aliphatic carbocycles. The molecule has 0 bridgehead atoms. The first-order valence-corrected chi connectivity index (χ1v) is 7.40. The van der Waals surface area contributed by atoms with Gasteiger partial charge in [0, 0.05) is 18.1 Å². The molecule has 0 spiro atoms. The monoisotopic (exact) mass is 335 g/mol. The molecule has 0 aliphatic rings. The zero-order valence-electron chi connectivity index (χ0n) is 10.1. The van der Waals surface area contributed by atoms with Crippen LogP contribution in [0.5, 0.6) is 0 Å². The number of hydrogen-bond acceptors (Lipinski definition) is 4. The zero-order chi connectivity index (χ0) is 13.8. The molecule has 0 atom stereocenters. The van der Waals surface area contributed by atoms with Crippen molar-refractivity contribution in [2.24, 2.45) is 0 Å².